The monoisotopic (exact) mass is 287 g/mol. The third kappa shape index (κ3) is 3.51. The van der Waals surface area contributed by atoms with Crippen molar-refractivity contribution in [1.29, 1.82) is 0 Å². The summed E-state index contributed by atoms with van der Waals surface area (Å²) < 4.78 is 5.15. The quantitative estimate of drug-likeness (QED) is 0.854. The normalized spacial score (nSPS) is 13.4. The van der Waals surface area contributed by atoms with E-state index in [1.165, 1.54) is 6.92 Å². The molecule has 1 aromatic carbocycles. The third-order valence-electron chi connectivity index (χ3n) is 3.35. The van der Waals surface area contributed by atoms with Crippen LogP contribution in [0.4, 0.5) is 0 Å². The van der Waals surface area contributed by atoms with E-state index < -0.39 is 11.5 Å². The van der Waals surface area contributed by atoms with Gasteiger partial charge in [0.2, 0.25) is 5.91 Å². The molecule has 0 aliphatic heterocycles. The van der Waals surface area contributed by atoms with E-state index in [2.05, 4.69) is 5.32 Å². The minimum Gasteiger partial charge on any atom is -0.479 e. The Bertz CT molecular complexity index is 606. The Morgan fingerprint density at radius 2 is 1.90 bits per heavy atom. The predicted octanol–water partition coefficient (Wildman–Crippen LogP) is 2.33. The minimum atomic E-state index is -1.44. The van der Waals surface area contributed by atoms with Crippen molar-refractivity contribution in [3.63, 3.8) is 0 Å². The fourth-order valence-electron chi connectivity index (χ4n) is 2.05. The first-order valence-corrected chi connectivity index (χ1v) is 6.64. The Morgan fingerprint density at radius 3 is 2.48 bits per heavy atom. The molecule has 0 radical (unpaired) electrons. The maximum absolute atomic E-state index is 12.0. The Hall–Kier alpha value is -2.56. The van der Waals surface area contributed by atoms with E-state index in [1.54, 1.807) is 48.7 Å². The maximum Gasteiger partial charge on any atom is 0.333 e. The molecule has 1 atom stereocenters. The molecular weight excluding hydrogens is 270 g/mol. The van der Waals surface area contributed by atoms with Crippen molar-refractivity contribution in [3.05, 3.63) is 60.1 Å². The van der Waals surface area contributed by atoms with Gasteiger partial charge in [-0.15, -0.1) is 0 Å². The van der Waals surface area contributed by atoms with Crippen LogP contribution in [0.3, 0.4) is 0 Å². The summed E-state index contributed by atoms with van der Waals surface area (Å²) in [6, 6.07) is 12.2. The summed E-state index contributed by atoms with van der Waals surface area (Å²) >= 11 is 0. The number of rotatable bonds is 6. The molecule has 2 N–H and O–H groups in total. The van der Waals surface area contributed by atoms with Crippen molar-refractivity contribution in [2.24, 2.45) is 0 Å². The molecule has 0 bridgehead atoms. The highest BCUT2D eigenvalue weighted by molar-refractivity contribution is 5.87. The number of benzene rings is 1. The van der Waals surface area contributed by atoms with Crippen molar-refractivity contribution in [3.8, 4) is 0 Å². The van der Waals surface area contributed by atoms with Crippen LogP contribution in [-0.4, -0.2) is 17.0 Å². The van der Waals surface area contributed by atoms with E-state index in [0.717, 1.165) is 0 Å². The van der Waals surface area contributed by atoms with Gasteiger partial charge in [0.25, 0.3) is 0 Å². The van der Waals surface area contributed by atoms with Gasteiger partial charge in [0, 0.05) is 12.8 Å². The molecule has 2 rings (SSSR count). The molecule has 110 valence electrons. The highest BCUT2D eigenvalue weighted by Gasteiger charge is 2.36. The van der Waals surface area contributed by atoms with Crippen LogP contribution in [0.1, 0.15) is 24.7 Å². The summed E-state index contributed by atoms with van der Waals surface area (Å²) in [5.74, 6) is -0.734. The summed E-state index contributed by atoms with van der Waals surface area (Å²) in [6.45, 7) is 1.48. The smallest absolute Gasteiger partial charge is 0.333 e. The molecule has 5 nitrogen and oxygen atoms in total. The van der Waals surface area contributed by atoms with Crippen molar-refractivity contribution in [2.75, 3.05) is 0 Å². The number of amides is 1. The standard InChI is InChI=1S/C16H17NO4/c1-16(15(19)20,12-6-3-2-4-7-12)17-14(18)10-9-13-8-5-11-21-13/h2-8,11H,9-10H2,1H3,(H,17,18)(H,19,20). The number of carboxylic acid groups (broad SMARTS) is 1. The van der Waals surface area contributed by atoms with Gasteiger partial charge < -0.3 is 14.8 Å². The zero-order chi connectivity index (χ0) is 15.3. The molecule has 1 heterocycles. The Kier molecular flexibility index (Phi) is 4.42. The Labute approximate surface area is 122 Å². The van der Waals surface area contributed by atoms with E-state index >= 15 is 0 Å². The average Bonchev–Trinajstić information content (AvgIpc) is 2.99. The largest absolute Gasteiger partial charge is 0.479 e. The fourth-order valence-corrected chi connectivity index (χ4v) is 2.05. The second-order valence-electron chi connectivity index (χ2n) is 4.92. The summed E-state index contributed by atoms with van der Waals surface area (Å²) in [7, 11) is 0. The number of furan rings is 1. The number of carboxylic acids is 1. The summed E-state index contributed by atoms with van der Waals surface area (Å²) in [4.78, 5) is 23.6. The minimum absolute atomic E-state index is 0.170. The zero-order valence-electron chi connectivity index (χ0n) is 11.7. The van der Waals surface area contributed by atoms with Crippen molar-refractivity contribution in [2.45, 2.75) is 25.3 Å². The maximum atomic E-state index is 12.0. The number of aliphatic carboxylic acids is 1. The average molecular weight is 287 g/mol. The van der Waals surface area contributed by atoms with Crippen LogP contribution in [0.15, 0.2) is 53.1 Å². The van der Waals surface area contributed by atoms with E-state index in [4.69, 9.17) is 4.42 Å². The lowest BCUT2D eigenvalue weighted by molar-refractivity contribution is -0.147. The molecule has 21 heavy (non-hydrogen) atoms. The summed E-state index contributed by atoms with van der Waals surface area (Å²) in [6.07, 6.45) is 2.14. The van der Waals surface area contributed by atoms with Crippen LogP contribution in [0, 0.1) is 0 Å². The van der Waals surface area contributed by atoms with Gasteiger partial charge in [-0.3, -0.25) is 4.79 Å². The second-order valence-corrected chi connectivity index (χ2v) is 4.92. The Balaban J connectivity index is 2.06. The van der Waals surface area contributed by atoms with Gasteiger partial charge in [0.15, 0.2) is 5.54 Å². The molecule has 0 saturated carbocycles. The van der Waals surface area contributed by atoms with Crippen molar-refractivity contribution in [1.82, 2.24) is 5.32 Å². The highest BCUT2D eigenvalue weighted by Crippen LogP contribution is 2.21. The van der Waals surface area contributed by atoms with Crippen LogP contribution in [0.5, 0.6) is 0 Å². The van der Waals surface area contributed by atoms with Crippen LogP contribution in [0.2, 0.25) is 0 Å². The van der Waals surface area contributed by atoms with E-state index in [1.807, 2.05) is 0 Å². The molecule has 0 aliphatic rings. The first-order chi connectivity index (χ1) is 10.0. The zero-order valence-corrected chi connectivity index (χ0v) is 11.7. The lowest BCUT2D eigenvalue weighted by Gasteiger charge is -2.26. The molecular formula is C16H17NO4. The van der Waals surface area contributed by atoms with Crippen LogP contribution in [0.25, 0.3) is 0 Å². The number of hydrogen-bond donors (Lipinski definition) is 2. The third-order valence-corrected chi connectivity index (χ3v) is 3.35. The van der Waals surface area contributed by atoms with Gasteiger partial charge in [-0.1, -0.05) is 30.3 Å². The molecule has 0 aliphatic carbocycles. The van der Waals surface area contributed by atoms with Crippen LogP contribution < -0.4 is 5.32 Å². The van der Waals surface area contributed by atoms with E-state index in [9.17, 15) is 14.7 Å². The molecule has 0 fully saturated rings. The molecule has 1 amide bonds. The van der Waals surface area contributed by atoms with Crippen molar-refractivity contribution < 1.29 is 19.1 Å². The van der Waals surface area contributed by atoms with Crippen molar-refractivity contribution >= 4 is 11.9 Å². The lowest BCUT2D eigenvalue weighted by atomic mass is 9.92. The fraction of sp³-hybridized carbons (Fsp3) is 0.250. The number of carbonyl (C=O) groups is 2. The second kappa shape index (κ2) is 6.26. The predicted molar refractivity (Wildman–Crippen MR) is 76.6 cm³/mol. The SMILES string of the molecule is CC(NC(=O)CCc1ccco1)(C(=O)O)c1ccccc1. The molecule has 2 aromatic rings. The number of carbonyl (C=O) groups excluding carboxylic acids is 1. The van der Waals surface area contributed by atoms with Gasteiger partial charge in [0.1, 0.15) is 5.76 Å². The number of nitrogens with one attached hydrogen (secondary N) is 1. The van der Waals surface area contributed by atoms with Gasteiger partial charge in [-0.2, -0.15) is 0 Å². The van der Waals surface area contributed by atoms with Gasteiger partial charge >= 0.3 is 5.97 Å². The van der Waals surface area contributed by atoms with Gasteiger partial charge in [0.05, 0.1) is 6.26 Å². The van der Waals surface area contributed by atoms with Crippen LogP contribution >= 0.6 is 0 Å². The van der Waals surface area contributed by atoms with Gasteiger partial charge in [-0.05, 0) is 24.6 Å². The van der Waals surface area contributed by atoms with E-state index in [-0.39, 0.29) is 12.3 Å². The first kappa shape index (κ1) is 14.8. The summed E-state index contributed by atoms with van der Waals surface area (Å²) in [5.41, 5.74) is -0.912. The highest BCUT2D eigenvalue weighted by atomic mass is 16.4. The molecule has 0 spiro atoms. The Morgan fingerprint density at radius 1 is 1.19 bits per heavy atom. The summed E-state index contributed by atoms with van der Waals surface area (Å²) in [5, 5.41) is 12.0. The van der Waals surface area contributed by atoms with E-state index in [0.29, 0.717) is 17.7 Å². The topological polar surface area (TPSA) is 79.5 Å². The molecule has 1 unspecified atom stereocenters. The molecule has 0 saturated heterocycles. The first-order valence-electron chi connectivity index (χ1n) is 6.64. The lowest BCUT2D eigenvalue weighted by Crippen LogP contribution is -2.49. The number of aryl methyl sites for hydroxylation is 1. The number of hydrogen-bond acceptors (Lipinski definition) is 3. The molecule has 1 aromatic heterocycles. The van der Waals surface area contributed by atoms with Gasteiger partial charge in [-0.25, -0.2) is 4.79 Å². The molecule has 5 heteroatoms. The van der Waals surface area contributed by atoms with Crippen LogP contribution in [-0.2, 0) is 21.5 Å².